The van der Waals surface area contributed by atoms with Crippen LogP contribution in [0.1, 0.15) is 15.9 Å². The van der Waals surface area contributed by atoms with Gasteiger partial charge >= 0.3 is 0 Å². The summed E-state index contributed by atoms with van der Waals surface area (Å²) < 4.78 is 1.03. The average Bonchev–Trinajstić information content (AvgIpc) is 2.46. The third-order valence-electron chi connectivity index (χ3n) is 3.01. The second-order valence-electron chi connectivity index (χ2n) is 4.75. The van der Waals surface area contributed by atoms with Gasteiger partial charge < -0.3 is 10.2 Å². The summed E-state index contributed by atoms with van der Waals surface area (Å²) in [6, 6.07) is 15.5. The fourth-order valence-electron chi connectivity index (χ4n) is 1.80. The molecule has 0 heterocycles. The van der Waals surface area contributed by atoms with E-state index in [1.807, 2.05) is 67.5 Å². The SMILES string of the molecule is CN(C)c1ccc(C(=O)NCc2ccc(Br)cc2)cc1. The molecular weight excluding hydrogens is 316 g/mol. The molecule has 3 nitrogen and oxygen atoms in total. The summed E-state index contributed by atoms with van der Waals surface area (Å²) in [7, 11) is 3.95. The molecule has 0 atom stereocenters. The third kappa shape index (κ3) is 3.84. The number of hydrogen-bond acceptors (Lipinski definition) is 2. The zero-order valence-electron chi connectivity index (χ0n) is 11.6. The van der Waals surface area contributed by atoms with Gasteiger partial charge in [-0.25, -0.2) is 0 Å². The Morgan fingerprint density at radius 1 is 1.05 bits per heavy atom. The van der Waals surface area contributed by atoms with Crippen molar-refractivity contribution in [3.63, 3.8) is 0 Å². The summed E-state index contributed by atoms with van der Waals surface area (Å²) in [6.45, 7) is 0.529. The van der Waals surface area contributed by atoms with Gasteiger partial charge in [-0.15, -0.1) is 0 Å². The predicted octanol–water partition coefficient (Wildman–Crippen LogP) is 3.45. The molecule has 2 aromatic carbocycles. The third-order valence-corrected chi connectivity index (χ3v) is 3.54. The van der Waals surface area contributed by atoms with E-state index in [4.69, 9.17) is 0 Å². The van der Waals surface area contributed by atoms with Crippen LogP contribution in [-0.4, -0.2) is 20.0 Å². The lowest BCUT2D eigenvalue weighted by Crippen LogP contribution is -2.22. The molecule has 0 bridgehead atoms. The fraction of sp³-hybridized carbons (Fsp3) is 0.188. The van der Waals surface area contributed by atoms with E-state index in [1.54, 1.807) is 0 Å². The second kappa shape index (κ2) is 6.57. The van der Waals surface area contributed by atoms with Gasteiger partial charge in [-0.3, -0.25) is 4.79 Å². The largest absolute Gasteiger partial charge is 0.378 e. The molecule has 0 unspecified atom stereocenters. The van der Waals surface area contributed by atoms with Crippen LogP contribution in [0.15, 0.2) is 53.0 Å². The number of benzene rings is 2. The van der Waals surface area contributed by atoms with E-state index in [2.05, 4.69) is 21.2 Å². The van der Waals surface area contributed by atoms with E-state index in [0.29, 0.717) is 12.1 Å². The van der Waals surface area contributed by atoms with Crippen LogP contribution in [0.2, 0.25) is 0 Å². The summed E-state index contributed by atoms with van der Waals surface area (Å²) in [6.07, 6.45) is 0. The van der Waals surface area contributed by atoms with Crippen molar-refractivity contribution in [3.8, 4) is 0 Å². The van der Waals surface area contributed by atoms with Crippen molar-refractivity contribution in [3.05, 3.63) is 64.1 Å². The second-order valence-corrected chi connectivity index (χ2v) is 5.67. The first-order valence-electron chi connectivity index (χ1n) is 6.36. The number of rotatable bonds is 4. The summed E-state index contributed by atoms with van der Waals surface area (Å²) in [5.41, 5.74) is 2.83. The summed E-state index contributed by atoms with van der Waals surface area (Å²) >= 11 is 3.39. The molecule has 0 fully saturated rings. The topological polar surface area (TPSA) is 32.3 Å². The molecule has 0 saturated heterocycles. The van der Waals surface area contributed by atoms with Crippen LogP contribution < -0.4 is 10.2 Å². The minimum absolute atomic E-state index is 0.0572. The normalized spacial score (nSPS) is 10.2. The molecule has 0 aromatic heterocycles. The van der Waals surface area contributed by atoms with Gasteiger partial charge in [-0.1, -0.05) is 28.1 Å². The van der Waals surface area contributed by atoms with E-state index in [-0.39, 0.29) is 5.91 Å². The van der Waals surface area contributed by atoms with Gasteiger partial charge in [0.25, 0.3) is 5.91 Å². The maximum Gasteiger partial charge on any atom is 0.251 e. The van der Waals surface area contributed by atoms with Crippen molar-refractivity contribution in [2.75, 3.05) is 19.0 Å². The maximum atomic E-state index is 12.0. The molecule has 0 aliphatic rings. The van der Waals surface area contributed by atoms with Gasteiger partial charge in [0, 0.05) is 36.4 Å². The van der Waals surface area contributed by atoms with Crippen molar-refractivity contribution in [2.24, 2.45) is 0 Å². The quantitative estimate of drug-likeness (QED) is 0.930. The molecule has 0 aliphatic heterocycles. The van der Waals surface area contributed by atoms with Gasteiger partial charge in [0.2, 0.25) is 0 Å². The number of hydrogen-bond donors (Lipinski definition) is 1. The smallest absolute Gasteiger partial charge is 0.251 e. The Morgan fingerprint density at radius 2 is 1.65 bits per heavy atom. The lowest BCUT2D eigenvalue weighted by molar-refractivity contribution is 0.0951. The number of carbonyl (C=O) groups excluding carboxylic acids is 1. The number of carbonyl (C=O) groups is 1. The Kier molecular flexibility index (Phi) is 4.79. The summed E-state index contributed by atoms with van der Waals surface area (Å²) in [5, 5.41) is 2.92. The summed E-state index contributed by atoms with van der Waals surface area (Å²) in [4.78, 5) is 14.0. The van der Waals surface area contributed by atoms with Crippen LogP contribution in [0.25, 0.3) is 0 Å². The Morgan fingerprint density at radius 3 is 2.20 bits per heavy atom. The van der Waals surface area contributed by atoms with Crippen LogP contribution in [0.3, 0.4) is 0 Å². The van der Waals surface area contributed by atoms with Crippen molar-refractivity contribution in [1.82, 2.24) is 5.32 Å². The van der Waals surface area contributed by atoms with Gasteiger partial charge in [0.15, 0.2) is 0 Å². The molecule has 2 aromatic rings. The fourth-order valence-corrected chi connectivity index (χ4v) is 2.06. The zero-order valence-corrected chi connectivity index (χ0v) is 13.1. The first kappa shape index (κ1) is 14.6. The number of halogens is 1. The van der Waals surface area contributed by atoms with Gasteiger partial charge in [-0.05, 0) is 42.0 Å². The molecule has 20 heavy (non-hydrogen) atoms. The number of nitrogens with zero attached hydrogens (tertiary/aromatic N) is 1. The minimum Gasteiger partial charge on any atom is -0.378 e. The van der Waals surface area contributed by atoms with Crippen LogP contribution in [0.4, 0.5) is 5.69 Å². The molecule has 1 amide bonds. The average molecular weight is 333 g/mol. The van der Waals surface area contributed by atoms with Crippen molar-refractivity contribution in [1.29, 1.82) is 0 Å². The molecule has 104 valence electrons. The lowest BCUT2D eigenvalue weighted by atomic mass is 10.1. The van der Waals surface area contributed by atoms with Gasteiger partial charge in [0.1, 0.15) is 0 Å². The Hall–Kier alpha value is -1.81. The highest BCUT2D eigenvalue weighted by Crippen LogP contribution is 2.13. The Bertz CT molecular complexity index is 576. The van der Waals surface area contributed by atoms with Crippen molar-refractivity contribution in [2.45, 2.75) is 6.54 Å². The molecule has 0 radical (unpaired) electrons. The van der Waals surface area contributed by atoms with E-state index < -0.39 is 0 Å². The Labute approximate surface area is 127 Å². The number of amides is 1. The highest BCUT2D eigenvalue weighted by Gasteiger charge is 2.05. The zero-order chi connectivity index (χ0) is 14.5. The first-order chi connectivity index (χ1) is 9.56. The number of nitrogens with one attached hydrogen (secondary N) is 1. The molecule has 4 heteroatoms. The van der Waals surface area contributed by atoms with E-state index in [9.17, 15) is 4.79 Å². The minimum atomic E-state index is -0.0572. The highest BCUT2D eigenvalue weighted by molar-refractivity contribution is 9.10. The van der Waals surface area contributed by atoms with Gasteiger partial charge in [0.05, 0.1) is 0 Å². The Balaban J connectivity index is 1.96. The molecule has 2 rings (SSSR count). The molecule has 0 spiro atoms. The monoisotopic (exact) mass is 332 g/mol. The molecule has 0 aliphatic carbocycles. The summed E-state index contributed by atoms with van der Waals surface area (Å²) in [5.74, 6) is -0.0572. The van der Waals surface area contributed by atoms with E-state index in [0.717, 1.165) is 15.7 Å². The predicted molar refractivity (Wildman–Crippen MR) is 86.1 cm³/mol. The molecule has 1 N–H and O–H groups in total. The molecule has 0 saturated carbocycles. The lowest BCUT2D eigenvalue weighted by Gasteiger charge is -2.12. The highest BCUT2D eigenvalue weighted by atomic mass is 79.9. The van der Waals surface area contributed by atoms with E-state index >= 15 is 0 Å². The van der Waals surface area contributed by atoms with Crippen LogP contribution in [-0.2, 0) is 6.54 Å². The van der Waals surface area contributed by atoms with Gasteiger partial charge in [-0.2, -0.15) is 0 Å². The van der Waals surface area contributed by atoms with Crippen molar-refractivity contribution < 1.29 is 4.79 Å². The van der Waals surface area contributed by atoms with Crippen LogP contribution in [0.5, 0.6) is 0 Å². The first-order valence-corrected chi connectivity index (χ1v) is 7.15. The van der Waals surface area contributed by atoms with Crippen LogP contribution >= 0.6 is 15.9 Å². The number of anilines is 1. The van der Waals surface area contributed by atoms with Crippen molar-refractivity contribution >= 4 is 27.5 Å². The van der Waals surface area contributed by atoms with E-state index in [1.165, 1.54) is 0 Å². The maximum absolute atomic E-state index is 12.0. The standard InChI is InChI=1S/C16H17BrN2O/c1-19(2)15-9-5-13(6-10-15)16(20)18-11-12-3-7-14(17)8-4-12/h3-10H,11H2,1-2H3,(H,18,20). The molecular formula is C16H17BrN2O. The van der Waals surface area contributed by atoms with Crippen LogP contribution in [0, 0.1) is 0 Å².